The second-order valence-corrected chi connectivity index (χ2v) is 39.9. The lowest BCUT2D eigenvalue weighted by molar-refractivity contribution is -0.142. The Morgan fingerprint density at radius 2 is 1.45 bits per heavy atom. The van der Waals surface area contributed by atoms with Crippen LogP contribution in [0.3, 0.4) is 0 Å². The number of anilines is 2. The molecule has 6 aromatic rings. The quantitative estimate of drug-likeness (QED) is 0.0190. The lowest BCUT2D eigenvalue weighted by Crippen LogP contribution is -2.56. The van der Waals surface area contributed by atoms with Gasteiger partial charge in [0.15, 0.2) is 0 Å². The molecule has 5 aliphatic heterocycles. The average Bonchev–Trinajstić information content (AvgIpc) is 1.73. The number of hydrogen-bond donors (Lipinski definition) is 5. The van der Waals surface area contributed by atoms with Crippen molar-refractivity contribution in [1.29, 1.82) is 0 Å². The van der Waals surface area contributed by atoms with E-state index in [0.717, 1.165) is 174 Å². The molecule has 22 nitrogen and oxygen atoms in total. The van der Waals surface area contributed by atoms with Crippen molar-refractivity contribution in [2.45, 2.75) is 169 Å². The van der Waals surface area contributed by atoms with Crippen LogP contribution in [0, 0.1) is 23.7 Å². The Kier molecular flexibility index (Phi) is 30.6. The number of morpholine rings is 1. The molecule has 5 aromatic carbocycles. The van der Waals surface area contributed by atoms with Gasteiger partial charge in [0.2, 0.25) is 17.7 Å². The average molecular weight is 1710 g/mol. The van der Waals surface area contributed by atoms with E-state index in [9.17, 15) is 54.3 Å². The summed E-state index contributed by atoms with van der Waals surface area (Å²) in [5.74, 6) is -0.333. The molecule has 0 saturated carbocycles. The van der Waals surface area contributed by atoms with Crippen LogP contribution in [0.15, 0.2) is 147 Å². The molecule has 6 aliphatic rings. The number of rotatable bonds is 33. The summed E-state index contributed by atoms with van der Waals surface area (Å²) in [5.41, 5.74) is 3.09. The largest absolute Gasteiger partial charge is 0.501 e. The summed E-state index contributed by atoms with van der Waals surface area (Å²) in [6, 6.07) is 32.4. The number of aromatic nitrogens is 1. The van der Waals surface area contributed by atoms with Crippen molar-refractivity contribution in [2.24, 2.45) is 16.7 Å². The number of piperazine rings is 2. The number of aryl methyl sites for hydroxylation is 1. The number of sulfone groups is 1. The van der Waals surface area contributed by atoms with E-state index in [4.69, 9.17) is 16.3 Å². The van der Waals surface area contributed by atoms with Gasteiger partial charge in [-0.15, -0.1) is 23.1 Å². The molecule has 0 bridgehead atoms. The number of halogens is 4. The number of likely N-dealkylation sites (tertiary alicyclic amines) is 2. The number of ether oxygens (including phenoxy) is 1. The second-order valence-electron chi connectivity index (χ2n) is 34.0. The van der Waals surface area contributed by atoms with Crippen molar-refractivity contribution >= 4 is 95.1 Å². The van der Waals surface area contributed by atoms with Gasteiger partial charge in [0.25, 0.3) is 25.8 Å². The predicted molar refractivity (Wildman–Crippen MR) is 458 cm³/mol. The summed E-state index contributed by atoms with van der Waals surface area (Å²) >= 11 is 9.47. The first kappa shape index (κ1) is 89.3. The van der Waals surface area contributed by atoms with E-state index < -0.39 is 76.4 Å². The number of β-amino-alcohol motifs (C(OH)–C–C–N with tert-alkyl or cyclic N) is 1. The van der Waals surface area contributed by atoms with Crippen LogP contribution >= 0.6 is 34.7 Å². The molecule has 1 aromatic heterocycles. The minimum atomic E-state index is -6.10. The van der Waals surface area contributed by atoms with Crippen molar-refractivity contribution in [3.05, 3.63) is 160 Å². The number of alkyl halides is 3. The van der Waals surface area contributed by atoms with Gasteiger partial charge in [0, 0.05) is 144 Å². The van der Waals surface area contributed by atoms with Gasteiger partial charge in [0.1, 0.15) is 10.9 Å². The molecule has 6 heterocycles. The number of hydrogen-bond acceptors (Lipinski definition) is 20. The fourth-order valence-corrected chi connectivity index (χ4v) is 21.2. The zero-order valence-electron chi connectivity index (χ0n) is 68.3. The highest BCUT2D eigenvalue weighted by Gasteiger charge is 2.49. The topological polar surface area (TPSA) is 250 Å². The maximum atomic E-state index is 14.4. The molecule has 6 atom stereocenters. The van der Waals surface area contributed by atoms with Crippen LogP contribution in [0.25, 0.3) is 16.0 Å². The van der Waals surface area contributed by atoms with E-state index in [1.807, 2.05) is 116 Å². The monoisotopic (exact) mass is 1710 g/mol. The highest BCUT2D eigenvalue weighted by Crippen LogP contribution is 2.45. The van der Waals surface area contributed by atoms with E-state index in [-0.39, 0.29) is 47.7 Å². The van der Waals surface area contributed by atoms with Gasteiger partial charge >= 0.3 is 5.51 Å². The summed E-state index contributed by atoms with van der Waals surface area (Å²) < 4.78 is 105. The van der Waals surface area contributed by atoms with Gasteiger partial charge in [-0.3, -0.25) is 33.9 Å². The molecular weight excluding hydrogens is 1590 g/mol. The molecule has 117 heavy (non-hydrogen) atoms. The zero-order chi connectivity index (χ0) is 83.2. The molecule has 636 valence electrons. The highest BCUT2D eigenvalue weighted by atomic mass is 35.5. The Hall–Kier alpha value is -7.00. The number of carbonyl (C=O) groups excluding carboxylic acids is 4. The summed E-state index contributed by atoms with van der Waals surface area (Å²) in [6.07, 6.45) is 9.09. The number of unbranched alkanes of at least 4 members (excludes halogenated alkanes) is 3. The van der Waals surface area contributed by atoms with Crippen LogP contribution in [0.5, 0.6) is 0 Å². The molecule has 0 radical (unpaired) electrons. The highest BCUT2D eigenvalue weighted by molar-refractivity contribution is 7.99. The minimum Gasteiger partial charge on any atom is -0.391 e. The number of benzene rings is 5. The normalized spacial score (nSPS) is 21.0. The standard InChI is InChI=1S/C87H116ClF3N12O10S4/c1-61(64-17-19-66(20-18-64)80-62(2)93-60-115-80)94-83(107)77-52-72(104)57-103(77)84(108)81(85(3,4)5)92-36-13-8-7-12-16-79(105)102-46-42-98(43-47-102)55-63-32-37-100(38-33-63)59-86(6)35-31-75(65-21-25-69(88)26-22-65)68(54-86)56-99-40-44-101(45-41-99)71-27-23-67(24-28-71)82(106)96-117(111,112)74-29-30-76(78(53-74)116(109,110)87(89,90)91)95-70(34-39-97-48-50-113-51-49-97)58-114-73-14-10-9-11-15-73/h9-11,14-15,17-30,53,60-61,63,70,72,77,81,92,95,104H,7-8,12-13,16,31-52,54-59H2,1-6H3,(H,94,107)(H,96,106)/t61-,70+,72+,77-,81+,86?/m0/s1. The van der Waals surface area contributed by atoms with Crippen molar-refractivity contribution < 1.29 is 59.0 Å². The van der Waals surface area contributed by atoms with Crippen LogP contribution < -0.4 is 25.6 Å². The zero-order valence-corrected chi connectivity index (χ0v) is 72.3. The molecule has 0 spiro atoms. The fraction of sp³-hybridized carbons (Fsp3) is 0.552. The number of sulfonamides is 1. The van der Waals surface area contributed by atoms with Crippen molar-refractivity contribution in [3.8, 4) is 10.4 Å². The number of amides is 4. The third-order valence-electron chi connectivity index (χ3n) is 24.0. The number of carbonyl (C=O) groups is 4. The van der Waals surface area contributed by atoms with Gasteiger partial charge in [-0.25, -0.2) is 26.5 Å². The Labute approximate surface area is 702 Å². The molecular formula is C87H116ClF3N12O10S4. The molecule has 5 fully saturated rings. The number of nitrogens with one attached hydrogen (secondary N) is 4. The van der Waals surface area contributed by atoms with Crippen LogP contribution in [-0.2, 0) is 39.0 Å². The Morgan fingerprint density at radius 3 is 2.12 bits per heavy atom. The number of piperidine rings is 1. The number of nitrogens with zero attached hydrogens (tertiary/aromatic N) is 8. The smallest absolute Gasteiger partial charge is 0.391 e. The van der Waals surface area contributed by atoms with E-state index >= 15 is 0 Å². The molecule has 5 saturated heterocycles. The Bertz CT molecular complexity index is 4590. The Morgan fingerprint density at radius 1 is 0.778 bits per heavy atom. The first-order valence-electron chi connectivity index (χ1n) is 41.4. The van der Waals surface area contributed by atoms with Crippen LogP contribution in [-0.4, -0.2) is 246 Å². The number of allylic oxidation sites excluding steroid dienone is 1. The fourth-order valence-electron chi connectivity index (χ4n) is 17.2. The lowest BCUT2D eigenvalue weighted by atomic mass is 9.71. The van der Waals surface area contributed by atoms with Crippen molar-refractivity contribution in [2.75, 3.05) is 147 Å². The molecule has 5 N–H and O–H groups in total. The second kappa shape index (κ2) is 40.1. The van der Waals surface area contributed by atoms with E-state index in [1.165, 1.54) is 40.6 Å². The van der Waals surface area contributed by atoms with Gasteiger partial charge in [0.05, 0.1) is 58.1 Å². The van der Waals surface area contributed by atoms with Crippen LogP contribution in [0.2, 0.25) is 5.02 Å². The van der Waals surface area contributed by atoms with Gasteiger partial charge in [-0.2, -0.15) is 13.2 Å². The molecule has 1 aliphatic carbocycles. The van der Waals surface area contributed by atoms with Gasteiger partial charge < -0.3 is 45.4 Å². The Balaban J connectivity index is 0.559. The van der Waals surface area contributed by atoms with Gasteiger partial charge in [-0.05, 0) is 191 Å². The molecule has 1 unspecified atom stereocenters. The van der Waals surface area contributed by atoms with E-state index in [1.54, 1.807) is 28.4 Å². The van der Waals surface area contributed by atoms with Gasteiger partial charge in [-0.1, -0.05) is 112 Å². The third-order valence-corrected chi connectivity index (χ3v) is 29.3. The first-order chi connectivity index (χ1) is 55.8. The third kappa shape index (κ3) is 24.0. The summed E-state index contributed by atoms with van der Waals surface area (Å²) in [6.45, 7) is 27.3. The van der Waals surface area contributed by atoms with Crippen molar-refractivity contribution in [1.82, 2.24) is 49.7 Å². The summed E-state index contributed by atoms with van der Waals surface area (Å²) in [7, 11) is -11.0. The predicted octanol–water partition coefficient (Wildman–Crippen LogP) is 12.9. The van der Waals surface area contributed by atoms with Crippen LogP contribution in [0.4, 0.5) is 24.5 Å². The minimum absolute atomic E-state index is 0.0195. The maximum Gasteiger partial charge on any atom is 0.501 e. The SMILES string of the molecule is Cc1ncsc1-c1ccc([C@H](C)NC(=O)[C@@H]2C[C@@H](O)CN2C(=O)[C@@H](NCCCCCCC(=O)N2CCN(CC3CCN(CC4(C)CCC(c5ccc(Cl)cc5)=C(CN5CCN(c6ccc(C(=O)NS(=O)(=O)c7ccc(N[C@H](CCN8CCOCC8)CSc8ccccc8)c(S(=O)(=O)C(F)(F)F)c7)cc6)CC5)C4)CC3)CC2)C(C)(C)C)cc1. The number of thiazole rings is 1. The molecule has 4 amide bonds. The maximum absolute atomic E-state index is 14.4. The number of aliphatic hydroxyl groups is 1. The molecule has 30 heteroatoms. The van der Waals surface area contributed by atoms with Crippen LogP contribution in [0.1, 0.15) is 145 Å². The molecule has 12 rings (SSSR count). The summed E-state index contributed by atoms with van der Waals surface area (Å²) in [5, 5.41) is 21.1. The van der Waals surface area contributed by atoms with Crippen molar-refractivity contribution in [3.63, 3.8) is 0 Å². The van der Waals surface area contributed by atoms with E-state index in [0.29, 0.717) is 88.1 Å². The first-order valence-corrected chi connectivity index (χ1v) is 46.6. The summed E-state index contributed by atoms with van der Waals surface area (Å²) in [4.78, 5) is 75.3. The number of aliphatic hydroxyl groups excluding tert-OH is 1. The van der Waals surface area contributed by atoms with E-state index in [2.05, 4.69) is 64.5 Å². The lowest BCUT2D eigenvalue weighted by Gasteiger charge is -2.44. The number of thioether (sulfide) groups is 1.